The molecule has 0 atom stereocenters. The summed E-state index contributed by atoms with van der Waals surface area (Å²) in [5.41, 5.74) is 4.12. The first-order chi connectivity index (χ1) is 6.02. The minimum absolute atomic E-state index is 0. The Hall–Kier alpha value is 0.324. The molecule has 0 heterocycles. The van der Waals surface area contributed by atoms with E-state index in [1.807, 2.05) is 0 Å². The zero-order chi connectivity index (χ0) is 10.0. The van der Waals surface area contributed by atoms with Crippen LogP contribution in [0.2, 0.25) is 0 Å². The average Bonchev–Trinajstić information content (AvgIpc) is 2.03. The van der Waals surface area contributed by atoms with Gasteiger partial charge >= 0.3 is 0 Å². The molecular weight excluding hydrogens is 245 g/mol. The molecule has 0 bridgehead atoms. The fourth-order valence-corrected chi connectivity index (χ4v) is 1.60. The Bertz CT molecular complexity index is 287. The van der Waals surface area contributed by atoms with Gasteiger partial charge in [0.2, 0.25) is 0 Å². The zero-order valence-corrected chi connectivity index (χ0v) is 12.7. The molecule has 0 amide bonds. The maximum atomic E-state index is 3.39. The van der Waals surface area contributed by atoms with Gasteiger partial charge in [-0.3, -0.25) is 0 Å². The largest absolute Gasteiger partial charge is 0.180 e. The molecule has 14 heavy (non-hydrogen) atoms. The van der Waals surface area contributed by atoms with E-state index in [1.54, 1.807) is 0 Å². The van der Waals surface area contributed by atoms with E-state index in [0.29, 0.717) is 11.8 Å². The van der Waals surface area contributed by atoms with Gasteiger partial charge in [-0.05, 0) is 5.92 Å². The molecule has 0 N–H and O–H groups in total. The third-order valence-corrected chi connectivity index (χ3v) is 2.45. The van der Waals surface area contributed by atoms with Gasteiger partial charge in [0.25, 0.3) is 0 Å². The molecule has 0 aliphatic carbocycles. The zero-order valence-electron chi connectivity index (χ0n) is 9.89. The van der Waals surface area contributed by atoms with Crippen molar-refractivity contribution in [1.82, 2.24) is 0 Å². The Morgan fingerprint density at radius 1 is 1.07 bits per heavy atom. The molecule has 0 spiro atoms. The molecule has 0 aliphatic rings. The summed E-state index contributed by atoms with van der Waals surface area (Å²) < 4.78 is 0. The van der Waals surface area contributed by atoms with Crippen LogP contribution in [0.25, 0.3) is 0 Å². The first-order valence-corrected chi connectivity index (χ1v) is 5.04. The molecule has 1 radical (unpaired) electrons. The fourth-order valence-electron chi connectivity index (χ4n) is 1.60. The Morgan fingerprint density at radius 2 is 1.64 bits per heavy atom. The molecule has 1 aromatic rings. The van der Waals surface area contributed by atoms with Crippen LogP contribution in [0.3, 0.4) is 0 Å². The van der Waals surface area contributed by atoms with Gasteiger partial charge in [0.1, 0.15) is 0 Å². The van der Waals surface area contributed by atoms with Gasteiger partial charge in [0.05, 0.1) is 0 Å². The molecular formula is C13H19Y-. The van der Waals surface area contributed by atoms with Gasteiger partial charge in [0, 0.05) is 32.7 Å². The number of hydrogen-bond acceptors (Lipinski definition) is 0. The summed E-state index contributed by atoms with van der Waals surface area (Å²) in [7, 11) is 0. The third kappa shape index (κ3) is 3.48. The molecule has 0 nitrogen and oxygen atoms in total. The van der Waals surface area contributed by atoms with Crippen molar-refractivity contribution in [3.05, 3.63) is 34.9 Å². The standard InChI is InChI=1S/C13H19.Y/c1-9(2)12-6-7-13(10(3)4)11(5)8-12;/h6,8-10H,1-5H3;/q-1;. The van der Waals surface area contributed by atoms with E-state index >= 15 is 0 Å². The molecule has 0 unspecified atom stereocenters. The molecule has 0 aromatic heterocycles. The maximum absolute atomic E-state index is 3.39. The molecule has 1 rings (SSSR count). The van der Waals surface area contributed by atoms with Gasteiger partial charge in [-0.15, -0.1) is 0 Å². The SMILES string of the molecule is Cc1cc(C(C)C)c[c-]c1C(C)C.[Y]. The van der Waals surface area contributed by atoms with E-state index in [-0.39, 0.29) is 32.7 Å². The Balaban J connectivity index is 0.00000169. The van der Waals surface area contributed by atoms with E-state index in [9.17, 15) is 0 Å². The quantitative estimate of drug-likeness (QED) is 0.707. The summed E-state index contributed by atoms with van der Waals surface area (Å²) in [6.07, 6.45) is 0. The van der Waals surface area contributed by atoms with Crippen LogP contribution in [0.5, 0.6) is 0 Å². The minimum Gasteiger partial charge on any atom is -0.180 e. The topological polar surface area (TPSA) is 0 Å². The normalized spacial score (nSPS) is 10.5. The fraction of sp³-hybridized carbons (Fsp3) is 0.538. The van der Waals surface area contributed by atoms with E-state index < -0.39 is 0 Å². The summed E-state index contributed by atoms with van der Waals surface area (Å²) in [6.45, 7) is 11.1. The molecule has 75 valence electrons. The van der Waals surface area contributed by atoms with Crippen molar-refractivity contribution >= 4 is 0 Å². The summed E-state index contributed by atoms with van der Waals surface area (Å²) in [5, 5.41) is 0. The number of hydrogen-bond donors (Lipinski definition) is 0. The van der Waals surface area contributed by atoms with Gasteiger partial charge in [-0.1, -0.05) is 40.5 Å². The van der Waals surface area contributed by atoms with Crippen LogP contribution in [0.4, 0.5) is 0 Å². The molecule has 0 saturated heterocycles. The van der Waals surface area contributed by atoms with Crippen LogP contribution in [-0.2, 0) is 32.7 Å². The van der Waals surface area contributed by atoms with Gasteiger partial charge in [-0.2, -0.15) is 34.9 Å². The van der Waals surface area contributed by atoms with E-state index in [2.05, 4.69) is 52.8 Å². The van der Waals surface area contributed by atoms with Crippen LogP contribution in [0.1, 0.15) is 56.2 Å². The predicted molar refractivity (Wildman–Crippen MR) is 58.2 cm³/mol. The summed E-state index contributed by atoms with van der Waals surface area (Å²) in [5.74, 6) is 1.19. The minimum atomic E-state index is 0. The molecule has 1 aromatic carbocycles. The molecule has 0 fully saturated rings. The Morgan fingerprint density at radius 3 is 2.00 bits per heavy atom. The number of benzene rings is 1. The third-order valence-electron chi connectivity index (χ3n) is 2.45. The van der Waals surface area contributed by atoms with Crippen molar-refractivity contribution < 1.29 is 32.7 Å². The van der Waals surface area contributed by atoms with Gasteiger partial charge in [-0.25, -0.2) is 0 Å². The van der Waals surface area contributed by atoms with Crippen molar-refractivity contribution in [2.24, 2.45) is 0 Å². The molecule has 0 aliphatic heterocycles. The smallest absolute Gasteiger partial charge is 0 e. The van der Waals surface area contributed by atoms with Crippen LogP contribution >= 0.6 is 0 Å². The van der Waals surface area contributed by atoms with Gasteiger partial charge in [0.15, 0.2) is 0 Å². The van der Waals surface area contributed by atoms with Crippen molar-refractivity contribution in [2.45, 2.75) is 46.5 Å². The number of aryl methyl sites for hydroxylation is 1. The van der Waals surface area contributed by atoms with Gasteiger partial charge < -0.3 is 0 Å². The molecule has 0 saturated carbocycles. The maximum Gasteiger partial charge on any atom is 0 e. The second-order valence-corrected chi connectivity index (χ2v) is 4.34. The van der Waals surface area contributed by atoms with Crippen molar-refractivity contribution in [3.63, 3.8) is 0 Å². The average molecular weight is 264 g/mol. The first kappa shape index (κ1) is 14.3. The van der Waals surface area contributed by atoms with Crippen LogP contribution in [0.15, 0.2) is 12.1 Å². The van der Waals surface area contributed by atoms with E-state index in [4.69, 9.17) is 0 Å². The van der Waals surface area contributed by atoms with E-state index in [1.165, 1.54) is 16.7 Å². The van der Waals surface area contributed by atoms with Crippen molar-refractivity contribution in [3.8, 4) is 0 Å². The monoisotopic (exact) mass is 264 g/mol. The Kier molecular flexibility index (Phi) is 6.17. The Labute approximate surface area is 113 Å². The van der Waals surface area contributed by atoms with Crippen molar-refractivity contribution in [1.29, 1.82) is 0 Å². The van der Waals surface area contributed by atoms with E-state index in [0.717, 1.165) is 0 Å². The van der Waals surface area contributed by atoms with Crippen LogP contribution in [-0.4, -0.2) is 0 Å². The first-order valence-electron chi connectivity index (χ1n) is 5.04. The van der Waals surface area contributed by atoms with Crippen LogP contribution in [0, 0.1) is 13.0 Å². The second kappa shape index (κ2) is 6.03. The second-order valence-electron chi connectivity index (χ2n) is 4.34. The summed E-state index contributed by atoms with van der Waals surface area (Å²) >= 11 is 0. The van der Waals surface area contributed by atoms with Crippen LogP contribution < -0.4 is 0 Å². The number of rotatable bonds is 2. The predicted octanol–water partition coefficient (Wildman–Crippen LogP) is 4.04. The summed E-state index contributed by atoms with van der Waals surface area (Å²) in [4.78, 5) is 0. The summed E-state index contributed by atoms with van der Waals surface area (Å²) in [6, 6.07) is 7.81. The molecule has 1 heteroatoms. The van der Waals surface area contributed by atoms with Crippen molar-refractivity contribution in [2.75, 3.05) is 0 Å².